The lowest BCUT2D eigenvalue weighted by molar-refractivity contribution is 0.327. The summed E-state index contributed by atoms with van der Waals surface area (Å²) in [6, 6.07) is 7.45. The second-order valence-electron chi connectivity index (χ2n) is 5.00. The van der Waals surface area contributed by atoms with Crippen LogP contribution in [0, 0.1) is 0 Å². The number of benzene rings is 1. The van der Waals surface area contributed by atoms with Gasteiger partial charge in [0.2, 0.25) is 17.7 Å². The van der Waals surface area contributed by atoms with Crippen LogP contribution in [-0.4, -0.2) is 44.4 Å². The highest BCUT2D eigenvalue weighted by molar-refractivity contribution is 5.45. The fourth-order valence-corrected chi connectivity index (χ4v) is 2.39. The minimum atomic E-state index is 0.465. The van der Waals surface area contributed by atoms with Crippen molar-refractivity contribution in [3.63, 3.8) is 0 Å². The molecule has 0 atom stereocenters. The maximum Gasteiger partial charge on any atom is 0.232 e. The van der Waals surface area contributed by atoms with Crippen molar-refractivity contribution >= 4 is 5.95 Å². The zero-order chi connectivity index (χ0) is 16.2. The molecule has 0 radical (unpaired) electrons. The van der Waals surface area contributed by atoms with Crippen molar-refractivity contribution in [2.75, 3.05) is 39.4 Å². The van der Waals surface area contributed by atoms with E-state index in [1.54, 1.807) is 27.4 Å². The van der Waals surface area contributed by atoms with Crippen LogP contribution >= 0.6 is 0 Å². The average Bonchev–Trinajstić information content (AvgIpc) is 2.82. The maximum atomic E-state index is 5.82. The van der Waals surface area contributed by atoms with Gasteiger partial charge in [0.1, 0.15) is 18.1 Å². The number of fused-ring (bicyclic) bond motifs is 1. The van der Waals surface area contributed by atoms with Crippen LogP contribution in [0.4, 0.5) is 5.95 Å². The molecule has 7 nitrogen and oxygen atoms in total. The molecular formula is C16H19N3O4. The van der Waals surface area contributed by atoms with Crippen molar-refractivity contribution in [2.45, 2.75) is 6.54 Å². The van der Waals surface area contributed by atoms with E-state index in [9.17, 15) is 0 Å². The Kier molecular flexibility index (Phi) is 4.36. The molecule has 0 saturated carbocycles. The molecule has 0 amide bonds. The Morgan fingerprint density at radius 2 is 1.74 bits per heavy atom. The molecule has 23 heavy (non-hydrogen) atoms. The molecule has 0 spiro atoms. The molecule has 7 heteroatoms. The molecule has 1 aliphatic rings. The molecule has 1 aromatic carbocycles. The molecule has 3 rings (SSSR count). The van der Waals surface area contributed by atoms with E-state index in [4.69, 9.17) is 18.9 Å². The van der Waals surface area contributed by atoms with E-state index >= 15 is 0 Å². The highest BCUT2D eigenvalue weighted by Crippen LogP contribution is 2.30. The van der Waals surface area contributed by atoms with E-state index < -0.39 is 0 Å². The Labute approximate surface area is 134 Å². The van der Waals surface area contributed by atoms with Crippen molar-refractivity contribution in [1.29, 1.82) is 0 Å². The van der Waals surface area contributed by atoms with Gasteiger partial charge in [-0.15, -0.1) is 0 Å². The van der Waals surface area contributed by atoms with Gasteiger partial charge in [0, 0.05) is 18.2 Å². The van der Waals surface area contributed by atoms with Crippen molar-refractivity contribution < 1.29 is 18.9 Å². The van der Waals surface area contributed by atoms with Crippen molar-refractivity contribution in [3.8, 4) is 23.3 Å². The highest BCUT2D eigenvalue weighted by Gasteiger charge is 2.19. The van der Waals surface area contributed by atoms with Gasteiger partial charge in [-0.05, 0) is 12.1 Å². The quantitative estimate of drug-likeness (QED) is 0.853. The summed E-state index contributed by atoms with van der Waals surface area (Å²) in [4.78, 5) is 10.8. The van der Waals surface area contributed by atoms with Gasteiger partial charge in [-0.2, -0.15) is 9.97 Å². The zero-order valence-corrected chi connectivity index (χ0v) is 13.4. The summed E-state index contributed by atoms with van der Waals surface area (Å²) in [7, 11) is 4.78. The van der Waals surface area contributed by atoms with Crippen LogP contribution in [0.3, 0.4) is 0 Å². The first-order valence-electron chi connectivity index (χ1n) is 7.25. The third-order valence-electron chi connectivity index (χ3n) is 3.62. The number of anilines is 1. The fourth-order valence-electron chi connectivity index (χ4n) is 2.39. The normalized spacial score (nSPS) is 13.6. The van der Waals surface area contributed by atoms with Crippen LogP contribution in [0.25, 0.3) is 0 Å². The molecule has 0 bridgehead atoms. The first kappa shape index (κ1) is 15.2. The van der Waals surface area contributed by atoms with Crippen LogP contribution in [0.1, 0.15) is 5.56 Å². The smallest absolute Gasteiger partial charge is 0.232 e. The molecule has 1 aromatic heterocycles. The van der Waals surface area contributed by atoms with E-state index in [0.717, 1.165) is 17.1 Å². The monoisotopic (exact) mass is 317 g/mol. The van der Waals surface area contributed by atoms with Gasteiger partial charge in [-0.25, -0.2) is 0 Å². The van der Waals surface area contributed by atoms with Gasteiger partial charge < -0.3 is 23.8 Å². The predicted octanol–water partition coefficient (Wildman–Crippen LogP) is 1.90. The van der Waals surface area contributed by atoms with Crippen molar-refractivity contribution in [3.05, 3.63) is 29.8 Å². The molecule has 122 valence electrons. The number of hydrogen-bond donors (Lipinski definition) is 0. The Bertz CT molecular complexity index is 671. The van der Waals surface area contributed by atoms with E-state index in [0.29, 0.717) is 37.4 Å². The van der Waals surface area contributed by atoms with Gasteiger partial charge in [-0.1, -0.05) is 0 Å². The number of ether oxygens (including phenoxy) is 4. The van der Waals surface area contributed by atoms with Gasteiger partial charge in [-0.3, -0.25) is 0 Å². The summed E-state index contributed by atoms with van der Waals surface area (Å²) < 4.78 is 21.5. The topological polar surface area (TPSA) is 65.9 Å². The maximum absolute atomic E-state index is 5.82. The lowest BCUT2D eigenvalue weighted by atomic mass is 10.2. The van der Waals surface area contributed by atoms with Crippen molar-refractivity contribution in [1.82, 2.24) is 9.97 Å². The first-order chi connectivity index (χ1) is 11.2. The summed E-state index contributed by atoms with van der Waals surface area (Å²) in [6.45, 7) is 1.83. The van der Waals surface area contributed by atoms with Crippen LogP contribution < -0.4 is 23.8 Å². The number of methoxy groups -OCH3 is 3. The zero-order valence-electron chi connectivity index (χ0n) is 13.4. The molecule has 2 heterocycles. The summed E-state index contributed by atoms with van der Waals surface area (Å²) in [6.07, 6.45) is 0. The Morgan fingerprint density at radius 3 is 2.39 bits per heavy atom. The lowest BCUT2D eigenvalue weighted by Gasteiger charge is -2.20. The number of aromatic nitrogens is 2. The van der Waals surface area contributed by atoms with Gasteiger partial charge in [0.15, 0.2) is 0 Å². The van der Waals surface area contributed by atoms with Gasteiger partial charge in [0.05, 0.1) is 33.9 Å². The van der Waals surface area contributed by atoms with Gasteiger partial charge >= 0.3 is 0 Å². The molecule has 0 N–H and O–H groups in total. The SMILES string of the molecule is COc1ccc2c(c1)OCCN(c1nc(OC)cc(OC)n1)C2. The average molecular weight is 317 g/mol. The van der Waals surface area contributed by atoms with Gasteiger partial charge in [0.25, 0.3) is 0 Å². The minimum Gasteiger partial charge on any atom is -0.497 e. The summed E-state index contributed by atoms with van der Waals surface area (Å²) in [5, 5.41) is 0. The lowest BCUT2D eigenvalue weighted by Crippen LogP contribution is -2.27. The van der Waals surface area contributed by atoms with E-state index in [1.165, 1.54) is 0 Å². The molecular weight excluding hydrogens is 298 g/mol. The highest BCUT2D eigenvalue weighted by atomic mass is 16.5. The van der Waals surface area contributed by atoms with E-state index in [2.05, 4.69) is 9.97 Å². The van der Waals surface area contributed by atoms with Crippen LogP contribution in [-0.2, 0) is 6.54 Å². The molecule has 2 aromatic rings. The first-order valence-corrected chi connectivity index (χ1v) is 7.25. The number of nitrogens with zero attached hydrogens (tertiary/aromatic N) is 3. The summed E-state index contributed by atoms with van der Waals surface area (Å²) in [5.41, 5.74) is 1.05. The minimum absolute atomic E-state index is 0.465. The van der Waals surface area contributed by atoms with E-state index in [1.807, 2.05) is 23.1 Å². The van der Waals surface area contributed by atoms with Crippen LogP contribution in [0.5, 0.6) is 23.3 Å². The summed E-state index contributed by atoms with van der Waals surface area (Å²) in [5.74, 6) is 3.07. The standard InChI is InChI=1S/C16H19N3O4/c1-20-12-5-4-11-10-19(6-7-23-13(11)8-12)16-17-14(21-2)9-15(18-16)22-3/h4-5,8-9H,6-7,10H2,1-3H3. The van der Waals surface area contributed by atoms with Crippen LogP contribution in [0.15, 0.2) is 24.3 Å². The second kappa shape index (κ2) is 6.60. The third kappa shape index (κ3) is 3.23. The largest absolute Gasteiger partial charge is 0.497 e. The Morgan fingerprint density at radius 1 is 1.00 bits per heavy atom. The Balaban J connectivity index is 1.91. The number of rotatable bonds is 4. The summed E-state index contributed by atoms with van der Waals surface area (Å²) >= 11 is 0. The molecule has 0 unspecified atom stereocenters. The molecule has 0 fully saturated rings. The Hall–Kier alpha value is -2.70. The second-order valence-corrected chi connectivity index (χ2v) is 5.00. The predicted molar refractivity (Wildman–Crippen MR) is 84.7 cm³/mol. The number of hydrogen-bond acceptors (Lipinski definition) is 7. The van der Waals surface area contributed by atoms with E-state index in [-0.39, 0.29) is 0 Å². The van der Waals surface area contributed by atoms with Crippen molar-refractivity contribution in [2.24, 2.45) is 0 Å². The fraction of sp³-hybridized carbons (Fsp3) is 0.375. The molecule has 0 saturated heterocycles. The van der Waals surface area contributed by atoms with Crippen LogP contribution in [0.2, 0.25) is 0 Å². The molecule has 1 aliphatic heterocycles. The third-order valence-corrected chi connectivity index (χ3v) is 3.62. The molecule has 0 aliphatic carbocycles.